The molecular weight excluding hydrogens is 212 g/mol. The molecule has 2 N–H and O–H groups in total. The Balaban J connectivity index is 0.00000169. The predicted octanol–water partition coefficient (Wildman–Crippen LogP) is 0.0678. The van der Waals surface area contributed by atoms with Crippen molar-refractivity contribution >= 4 is 49.7 Å². The first-order chi connectivity index (χ1) is 6.04. The second-order valence-corrected chi connectivity index (χ2v) is 3.33. The van der Waals surface area contributed by atoms with Crippen LogP contribution < -0.4 is 0 Å². The minimum absolute atomic E-state index is 0. The number of carbonyl (C=O) groups is 2. The molecule has 1 aliphatic rings. The third kappa shape index (κ3) is 2.97. The molecule has 0 saturated heterocycles. The van der Waals surface area contributed by atoms with Crippen LogP contribution in [0.15, 0.2) is 12.2 Å². The normalized spacial score (nSPS) is 30.5. The number of carboxylic acids is 2. The third-order valence-electron chi connectivity index (χ3n) is 2.43. The van der Waals surface area contributed by atoms with Crippen LogP contribution in [0.25, 0.3) is 0 Å². The van der Waals surface area contributed by atoms with Crippen LogP contribution >= 0.6 is 0 Å². The van der Waals surface area contributed by atoms with Crippen LogP contribution in [0.3, 0.4) is 0 Å². The molecule has 0 spiro atoms. The number of hydrogen-bond donors (Lipinski definition) is 2. The number of allylic oxidation sites excluding steroid dienone is 2. The van der Waals surface area contributed by atoms with E-state index in [9.17, 15) is 9.59 Å². The Kier molecular flexibility index (Phi) is 5.71. The predicted molar refractivity (Wildman–Crippen MR) is 53.7 cm³/mol. The summed E-state index contributed by atoms with van der Waals surface area (Å²) in [5.41, 5.74) is 0. The molecule has 0 aromatic heterocycles. The van der Waals surface area contributed by atoms with Gasteiger partial charge in [0.15, 0.2) is 0 Å². The van der Waals surface area contributed by atoms with Crippen LogP contribution in [0.4, 0.5) is 0 Å². The Morgan fingerprint density at radius 2 is 1.86 bits per heavy atom. The van der Waals surface area contributed by atoms with Gasteiger partial charge in [-0.1, -0.05) is 19.1 Å². The van der Waals surface area contributed by atoms with Crippen LogP contribution in [0.5, 0.6) is 0 Å². The average molecular weight is 226 g/mol. The van der Waals surface area contributed by atoms with E-state index in [4.69, 9.17) is 10.2 Å². The molecule has 0 bridgehead atoms. The topological polar surface area (TPSA) is 74.6 Å². The summed E-state index contributed by atoms with van der Waals surface area (Å²) in [5.74, 6) is -3.82. The molecular formula is C9H14CaO4. The monoisotopic (exact) mass is 226 g/mol. The van der Waals surface area contributed by atoms with Crippen molar-refractivity contribution < 1.29 is 19.8 Å². The summed E-state index contributed by atoms with van der Waals surface area (Å²) < 4.78 is 0. The van der Waals surface area contributed by atoms with Crippen molar-refractivity contribution in [2.24, 2.45) is 17.8 Å². The van der Waals surface area contributed by atoms with Crippen molar-refractivity contribution in [1.29, 1.82) is 0 Å². The number of rotatable bonds is 2. The van der Waals surface area contributed by atoms with Gasteiger partial charge in [0.1, 0.15) is 0 Å². The molecule has 0 radical (unpaired) electrons. The Bertz CT molecular complexity index is 262. The van der Waals surface area contributed by atoms with E-state index >= 15 is 0 Å². The zero-order chi connectivity index (χ0) is 10.0. The first-order valence-corrected chi connectivity index (χ1v) is 4.16. The Morgan fingerprint density at radius 1 is 1.29 bits per heavy atom. The SMILES string of the molecule is CC1C=CCC(C(=O)O)C1C(=O)O.[CaH2]. The molecule has 3 unspecified atom stereocenters. The molecule has 1 rings (SSSR count). The van der Waals surface area contributed by atoms with E-state index in [0.717, 1.165) is 0 Å². The zero-order valence-corrected chi connectivity index (χ0v) is 7.30. The quantitative estimate of drug-likeness (QED) is 0.516. The Hall–Kier alpha value is -0.0603. The molecule has 0 heterocycles. The van der Waals surface area contributed by atoms with Crippen molar-refractivity contribution in [3.8, 4) is 0 Å². The summed E-state index contributed by atoms with van der Waals surface area (Å²) in [6, 6.07) is 0. The fourth-order valence-electron chi connectivity index (χ4n) is 1.72. The molecule has 0 saturated carbocycles. The van der Waals surface area contributed by atoms with Gasteiger partial charge in [-0.15, -0.1) is 0 Å². The fraction of sp³-hybridized carbons (Fsp3) is 0.556. The molecule has 5 heteroatoms. The van der Waals surface area contributed by atoms with Crippen molar-refractivity contribution in [2.75, 3.05) is 0 Å². The van der Waals surface area contributed by atoms with Crippen LogP contribution in [0.2, 0.25) is 0 Å². The maximum absolute atomic E-state index is 10.8. The number of aliphatic carboxylic acids is 2. The summed E-state index contributed by atoms with van der Waals surface area (Å²) in [6.07, 6.45) is 3.82. The van der Waals surface area contributed by atoms with E-state index in [1.54, 1.807) is 19.1 Å². The van der Waals surface area contributed by atoms with Crippen molar-refractivity contribution in [3.05, 3.63) is 12.2 Å². The first kappa shape index (κ1) is 13.9. The van der Waals surface area contributed by atoms with E-state index in [1.165, 1.54) is 0 Å². The second kappa shape index (κ2) is 5.73. The van der Waals surface area contributed by atoms with Crippen LogP contribution in [-0.2, 0) is 9.59 Å². The fourth-order valence-corrected chi connectivity index (χ4v) is 1.72. The van der Waals surface area contributed by atoms with E-state index in [1.807, 2.05) is 0 Å². The van der Waals surface area contributed by atoms with Gasteiger partial charge in [0.05, 0.1) is 11.8 Å². The van der Waals surface area contributed by atoms with Gasteiger partial charge in [0.2, 0.25) is 0 Å². The van der Waals surface area contributed by atoms with Gasteiger partial charge in [-0.3, -0.25) is 9.59 Å². The Labute approximate surface area is 112 Å². The van der Waals surface area contributed by atoms with Gasteiger partial charge in [0.25, 0.3) is 0 Å². The first-order valence-electron chi connectivity index (χ1n) is 4.16. The van der Waals surface area contributed by atoms with E-state index in [2.05, 4.69) is 0 Å². The second-order valence-electron chi connectivity index (χ2n) is 3.33. The number of hydrogen-bond acceptors (Lipinski definition) is 2. The molecule has 3 atom stereocenters. The molecule has 76 valence electrons. The van der Waals surface area contributed by atoms with Gasteiger partial charge in [0, 0.05) is 0 Å². The molecule has 0 aromatic carbocycles. The molecule has 0 aromatic rings. The summed E-state index contributed by atoms with van der Waals surface area (Å²) in [4.78, 5) is 21.5. The Morgan fingerprint density at radius 3 is 2.21 bits per heavy atom. The zero-order valence-electron chi connectivity index (χ0n) is 7.30. The molecule has 0 amide bonds. The van der Waals surface area contributed by atoms with Gasteiger partial charge in [-0.25, -0.2) is 0 Å². The summed E-state index contributed by atoms with van der Waals surface area (Å²) in [5, 5.41) is 17.6. The van der Waals surface area contributed by atoms with Crippen molar-refractivity contribution in [1.82, 2.24) is 0 Å². The number of carboxylic acid groups (broad SMARTS) is 2. The average Bonchev–Trinajstić information content (AvgIpc) is 2.02. The van der Waals surface area contributed by atoms with Crippen molar-refractivity contribution in [2.45, 2.75) is 13.3 Å². The van der Waals surface area contributed by atoms with Gasteiger partial charge < -0.3 is 10.2 Å². The molecule has 0 aliphatic heterocycles. The summed E-state index contributed by atoms with van der Waals surface area (Å²) in [7, 11) is 0. The molecule has 14 heavy (non-hydrogen) atoms. The van der Waals surface area contributed by atoms with Crippen LogP contribution in [0.1, 0.15) is 13.3 Å². The maximum atomic E-state index is 10.8. The van der Waals surface area contributed by atoms with E-state index in [-0.39, 0.29) is 43.7 Å². The summed E-state index contributed by atoms with van der Waals surface area (Å²) in [6.45, 7) is 1.73. The van der Waals surface area contributed by atoms with E-state index in [0.29, 0.717) is 6.42 Å². The molecule has 0 fully saturated rings. The summed E-state index contributed by atoms with van der Waals surface area (Å²) >= 11 is 0. The standard InChI is InChI=1S/C9H12O4.Ca.2H/c1-5-3-2-4-6(8(10)11)7(5)9(12)13;;;/h2-3,5-7H,4H2,1H3,(H,10,11)(H,12,13);;;. The van der Waals surface area contributed by atoms with Crippen LogP contribution in [-0.4, -0.2) is 59.9 Å². The minimum atomic E-state index is -1.02. The van der Waals surface area contributed by atoms with Gasteiger partial charge >= 0.3 is 49.7 Å². The van der Waals surface area contributed by atoms with Gasteiger partial charge in [-0.05, 0) is 12.3 Å². The van der Waals surface area contributed by atoms with Crippen LogP contribution in [0, 0.1) is 17.8 Å². The third-order valence-corrected chi connectivity index (χ3v) is 2.43. The van der Waals surface area contributed by atoms with Gasteiger partial charge in [-0.2, -0.15) is 0 Å². The molecule has 4 nitrogen and oxygen atoms in total. The van der Waals surface area contributed by atoms with E-state index < -0.39 is 23.8 Å². The van der Waals surface area contributed by atoms with Crippen molar-refractivity contribution in [3.63, 3.8) is 0 Å². The molecule has 1 aliphatic carbocycles.